The van der Waals surface area contributed by atoms with E-state index in [4.69, 9.17) is 11.6 Å². The summed E-state index contributed by atoms with van der Waals surface area (Å²) >= 11 is 7.91. The van der Waals surface area contributed by atoms with Crippen molar-refractivity contribution in [3.8, 4) is 22.6 Å². The molecule has 146 valence electrons. The van der Waals surface area contributed by atoms with Crippen LogP contribution in [-0.2, 0) is 0 Å². The molecule has 2 heterocycles. The van der Waals surface area contributed by atoms with Crippen molar-refractivity contribution in [3.05, 3.63) is 59.3 Å². The summed E-state index contributed by atoms with van der Waals surface area (Å²) in [6, 6.07) is 9.03. The Labute approximate surface area is 170 Å². The van der Waals surface area contributed by atoms with Gasteiger partial charge in [-0.15, -0.1) is 0 Å². The summed E-state index contributed by atoms with van der Waals surface area (Å²) in [7, 11) is 0. The Bertz CT molecular complexity index is 989. The second kappa shape index (κ2) is 8.21. The molecule has 0 atom stereocenters. The van der Waals surface area contributed by atoms with E-state index in [0.717, 1.165) is 42.5 Å². The molecule has 8 heteroatoms. The summed E-state index contributed by atoms with van der Waals surface area (Å²) in [4.78, 5) is 8.32. The van der Waals surface area contributed by atoms with Crippen molar-refractivity contribution in [2.45, 2.75) is 23.8 Å². The minimum atomic E-state index is -0.644. The van der Waals surface area contributed by atoms with Gasteiger partial charge in [0.25, 0.3) is 0 Å². The van der Waals surface area contributed by atoms with Crippen molar-refractivity contribution < 1.29 is 13.9 Å². The van der Waals surface area contributed by atoms with Gasteiger partial charge in [0, 0.05) is 35.2 Å². The van der Waals surface area contributed by atoms with Crippen LogP contribution in [0.4, 0.5) is 8.78 Å². The van der Waals surface area contributed by atoms with E-state index in [1.54, 1.807) is 18.0 Å². The average Bonchev–Trinajstić information content (AvgIpc) is 3.15. The minimum absolute atomic E-state index is 0.230. The van der Waals surface area contributed by atoms with Crippen LogP contribution in [0.2, 0.25) is 5.02 Å². The van der Waals surface area contributed by atoms with Gasteiger partial charge in [-0.3, -0.25) is 0 Å². The Hall–Kier alpha value is -1.93. The lowest BCUT2D eigenvalue weighted by Gasteiger charge is -2.28. The van der Waals surface area contributed by atoms with E-state index in [1.165, 1.54) is 18.3 Å². The van der Waals surface area contributed by atoms with Gasteiger partial charge in [-0.05, 0) is 55.1 Å². The quantitative estimate of drug-likeness (QED) is 0.573. The number of imidazole rings is 1. The van der Waals surface area contributed by atoms with Crippen LogP contribution < -0.4 is 0 Å². The van der Waals surface area contributed by atoms with E-state index in [-0.39, 0.29) is 11.7 Å². The van der Waals surface area contributed by atoms with E-state index >= 15 is 0 Å². The molecule has 1 fully saturated rings. The Balaban J connectivity index is 1.57. The average molecular weight is 422 g/mol. The maximum atomic E-state index is 14.0. The molecule has 2 N–H and O–H groups in total. The van der Waals surface area contributed by atoms with Crippen LogP contribution in [0.5, 0.6) is 0 Å². The van der Waals surface area contributed by atoms with Gasteiger partial charge < -0.3 is 10.1 Å². The van der Waals surface area contributed by atoms with Gasteiger partial charge >= 0.3 is 0 Å². The molecule has 1 aliphatic rings. The second-order valence-electron chi connectivity index (χ2n) is 6.67. The van der Waals surface area contributed by atoms with E-state index in [9.17, 15) is 13.9 Å². The fourth-order valence-electron chi connectivity index (χ4n) is 3.11. The van der Waals surface area contributed by atoms with Crippen LogP contribution in [0.15, 0.2) is 47.5 Å². The summed E-state index contributed by atoms with van der Waals surface area (Å²) in [5, 5.41) is 10.3. The van der Waals surface area contributed by atoms with Crippen LogP contribution in [0.1, 0.15) is 12.8 Å². The number of halogens is 3. The number of nitrogens with one attached hydrogen (secondary N) is 1. The maximum Gasteiger partial charge on any atom is 0.137 e. The minimum Gasteiger partial charge on any atom is -0.393 e. The largest absolute Gasteiger partial charge is 0.393 e. The molecule has 1 aromatic heterocycles. The van der Waals surface area contributed by atoms with Crippen molar-refractivity contribution in [1.29, 1.82) is 0 Å². The van der Waals surface area contributed by atoms with Crippen molar-refractivity contribution >= 4 is 23.5 Å². The highest BCUT2D eigenvalue weighted by molar-refractivity contribution is 7.97. The molecule has 3 aromatic rings. The Morgan fingerprint density at radius 2 is 1.93 bits per heavy atom. The van der Waals surface area contributed by atoms with Gasteiger partial charge in [-0.2, -0.15) is 0 Å². The second-order valence-corrected chi connectivity index (χ2v) is 8.21. The number of aliphatic hydroxyl groups excluding tert-OH is 1. The van der Waals surface area contributed by atoms with Crippen molar-refractivity contribution in [3.63, 3.8) is 0 Å². The summed E-state index contributed by atoms with van der Waals surface area (Å²) in [6.45, 7) is 1.59. The van der Waals surface area contributed by atoms with E-state index < -0.39 is 11.6 Å². The number of piperidine rings is 1. The first-order chi connectivity index (χ1) is 13.5. The fourth-order valence-corrected chi connectivity index (χ4v) is 4.33. The number of nitrogens with zero attached hydrogens (tertiary/aromatic N) is 2. The SMILES string of the molecule is OC1CCN(Sc2cc(-c3ncc(-c4ccc(F)cc4F)[nH]3)ccc2Cl)CC1. The highest BCUT2D eigenvalue weighted by atomic mass is 35.5. The fraction of sp³-hybridized carbons (Fsp3) is 0.250. The number of hydrogen-bond acceptors (Lipinski definition) is 4. The van der Waals surface area contributed by atoms with Crippen molar-refractivity contribution in [2.24, 2.45) is 0 Å². The molecule has 2 aromatic carbocycles. The standard InChI is InChI=1S/C20H18ClF2N3OS/c21-16-4-1-12(9-19(16)28-26-7-5-14(27)6-8-26)20-24-11-18(25-20)15-3-2-13(22)10-17(15)23/h1-4,9-11,14,27H,5-8H2,(H,24,25). The molecular formula is C20H18ClF2N3OS. The van der Waals surface area contributed by atoms with Gasteiger partial charge in [0.1, 0.15) is 17.5 Å². The van der Waals surface area contributed by atoms with Gasteiger partial charge in [0.15, 0.2) is 0 Å². The zero-order chi connectivity index (χ0) is 19.7. The van der Waals surface area contributed by atoms with Crippen LogP contribution in [0.3, 0.4) is 0 Å². The van der Waals surface area contributed by atoms with E-state index in [2.05, 4.69) is 14.3 Å². The molecule has 1 aliphatic heterocycles. The van der Waals surface area contributed by atoms with E-state index in [1.807, 2.05) is 12.1 Å². The number of rotatable bonds is 4. The summed E-state index contributed by atoms with van der Waals surface area (Å²) in [5.74, 6) is -0.688. The lowest BCUT2D eigenvalue weighted by atomic mass is 10.1. The third-order valence-electron chi connectivity index (χ3n) is 4.65. The molecule has 0 saturated carbocycles. The Morgan fingerprint density at radius 3 is 2.68 bits per heavy atom. The first-order valence-electron chi connectivity index (χ1n) is 8.91. The monoisotopic (exact) mass is 421 g/mol. The van der Waals surface area contributed by atoms with Crippen LogP contribution in [0, 0.1) is 11.6 Å². The molecule has 4 rings (SSSR count). The molecule has 4 nitrogen and oxygen atoms in total. The number of H-pyrrole nitrogens is 1. The molecule has 1 saturated heterocycles. The summed E-state index contributed by atoms with van der Waals surface area (Å²) in [6.07, 6.45) is 2.79. The van der Waals surface area contributed by atoms with Crippen molar-refractivity contribution in [1.82, 2.24) is 14.3 Å². The van der Waals surface area contributed by atoms with Crippen molar-refractivity contribution in [2.75, 3.05) is 13.1 Å². The molecule has 0 radical (unpaired) electrons. The maximum absolute atomic E-state index is 14.0. The highest BCUT2D eigenvalue weighted by Crippen LogP contribution is 2.35. The predicted molar refractivity (Wildman–Crippen MR) is 107 cm³/mol. The number of hydrogen-bond donors (Lipinski definition) is 2. The zero-order valence-electron chi connectivity index (χ0n) is 14.8. The first kappa shape index (κ1) is 19.4. The smallest absolute Gasteiger partial charge is 0.137 e. The predicted octanol–water partition coefficient (Wildman–Crippen LogP) is 5.14. The highest BCUT2D eigenvalue weighted by Gasteiger charge is 2.19. The first-order valence-corrected chi connectivity index (χ1v) is 10.1. The van der Waals surface area contributed by atoms with E-state index in [0.29, 0.717) is 16.5 Å². The zero-order valence-corrected chi connectivity index (χ0v) is 16.4. The molecule has 0 aliphatic carbocycles. The van der Waals surface area contributed by atoms with Gasteiger partial charge in [-0.1, -0.05) is 11.6 Å². The molecule has 28 heavy (non-hydrogen) atoms. The number of aromatic amines is 1. The molecule has 0 unspecified atom stereocenters. The third-order valence-corrected chi connectivity index (χ3v) is 6.25. The lowest BCUT2D eigenvalue weighted by molar-refractivity contribution is 0.116. The topological polar surface area (TPSA) is 52.1 Å². The number of aliphatic hydroxyl groups is 1. The van der Waals surface area contributed by atoms with Crippen LogP contribution >= 0.6 is 23.5 Å². The molecule has 0 spiro atoms. The molecular weight excluding hydrogens is 404 g/mol. The molecule has 0 bridgehead atoms. The normalized spacial score (nSPS) is 15.9. The number of benzene rings is 2. The number of aromatic nitrogens is 2. The third kappa shape index (κ3) is 4.22. The summed E-state index contributed by atoms with van der Waals surface area (Å²) < 4.78 is 29.3. The molecule has 0 amide bonds. The van der Waals surface area contributed by atoms with Gasteiger partial charge in [0.05, 0.1) is 23.0 Å². The van der Waals surface area contributed by atoms with Crippen LogP contribution in [-0.4, -0.2) is 38.6 Å². The van der Waals surface area contributed by atoms with Crippen LogP contribution in [0.25, 0.3) is 22.6 Å². The Morgan fingerprint density at radius 1 is 1.14 bits per heavy atom. The van der Waals surface area contributed by atoms with Gasteiger partial charge in [-0.25, -0.2) is 18.1 Å². The lowest BCUT2D eigenvalue weighted by Crippen LogP contribution is -2.31. The Kier molecular flexibility index (Phi) is 5.68. The summed E-state index contributed by atoms with van der Waals surface area (Å²) in [5.41, 5.74) is 1.55. The van der Waals surface area contributed by atoms with Gasteiger partial charge in [0.2, 0.25) is 0 Å².